The van der Waals surface area contributed by atoms with E-state index in [1.165, 1.54) is 0 Å². The molecule has 1 aliphatic carbocycles. The van der Waals surface area contributed by atoms with Crippen molar-refractivity contribution in [3.8, 4) is 0 Å². The van der Waals surface area contributed by atoms with E-state index in [1.54, 1.807) is 0 Å². The van der Waals surface area contributed by atoms with Crippen LogP contribution in [0.3, 0.4) is 0 Å². The second-order valence-electron chi connectivity index (χ2n) is 6.73. The lowest BCUT2D eigenvalue weighted by molar-refractivity contribution is -0.143. The van der Waals surface area contributed by atoms with Gasteiger partial charge in [-0.15, -0.1) is 0 Å². The zero-order valence-corrected chi connectivity index (χ0v) is 12.4. The molecule has 0 radical (unpaired) electrons. The third kappa shape index (κ3) is 2.58. The fourth-order valence-electron chi connectivity index (χ4n) is 2.64. The molecule has 0 amide bonds. The maximum atomic E-state index is 11.1. The molecule has 1 N–H and O–H groups in total. The largest absolute Gasteiger partial charge is 0.490 e. The summed E-state index contributed by atoms with van der Waals surface area (Å²) in [6, 6.07) is 0. The van der Waals surface area contributed by atoms with Crippen molar-refractivity contribution in [1.82, 2.24) is 0 Å². The summed E-state index contributed by atoms with van der Waals surface area (Å²) in [5.41, 5.74) is 0.403. The normalized spacial score (nSPS) is 33.1. The van der Waals surface area contributed by atoms with Crippen LogP contribution in [-0.2, 0) is 14.1 Å². The van der Waals surface area contributed by atoms with Crippen molar-refractivity contribution in [3.63, 3.8) is 0 Å². The van der Waals surface area contributed by atoms with Crippen LogP contribution in [0.2, 0.25) is 0 Å². The summed E-state index contributed by atoms with van der Waals surface area (Å²) < 4.78 is 12.0. The molecule has 1 fully saturated rings. The molecule has 2 atom stereocenters. The van der Waals surface area contributed by atoms with Gasteiger partial charge in [-0.05, 0) is 51.9 Å². The summed E-state index contributed by atoms with van der Waals surface area (Å²) in [4.78, 5) is 11.1. The van der Waals surface area contributed by atoms with Gasteiger partial charge < -0.3 is 14.4 Å². The fraction of sp³-hybridized carbons (Fsp3) is 0.786. The van der Waals surface area contributed by atoms with Crippen LogP contribution in [0.25, 0.3) is 0 Å². The molecule has 0 aromatic rings. The molecule has 1 heterocycles. The molecular weight excluding hydrogens is 243 g/mol. The highest BCUT2D eigenvalue weighted by molar-refractivity contribution is 6.54. The summed E-state index contributed by atoms with van der Waals surface area (Å²) in [5.74, 6) is -0.876. The summed E-state index contributed by atoms with van der Waals surface area (Å²) >= 11 is 0. The van der Waals surface area contributed by atoms with Crippen molar-refractivity contribution in [2.24, 2.45) is 11.8 Å². The number of rotatable bonds is 2. The van der Waals surface area contributed by atoms with E-state index in [4.69, 9.17) is 14.4 Å². The van der Waals surface area contributed by atoms with Gasteiger partial charge in [0.1, 0.15) is 0 Å². The lowest BCUT2D eigenvalue weighted by atomic mass is 9.67. The van der Waals surface area contributed by atoms with E-state index in [1.807, 2.05) is 40.7 Å². The Balaban J connectivity index is 2.12. The maximum absolute atomic E-state index is 11.1. The minimum atomic E-state index is -0.711. The summed E-state index contributed by atoms with van der Waals surface area (Å²) in [7, 11) is -0.331. The van der Waals surface area contributed by atoms with Gasteiger partial charge in [-0.3, -0.25) is 4.79 Å². The van der Waals surface area contributed by atoms with E-state index in [0.717, 1.165) is 11.9 Å². The highest BCUT2D eigenvalue weighted by Crippen LogP contribution is 2.41. The van der Waals surface area contributed by atoms with Gasteiger partial charge >= 0.3 is 13.1 Å². The first-order valence-electron chi connectivity index (χ1n) is 6.91. The number of hydrogen-bond donors (Lipinski definition) is 1. The predicted octanol–water partition coefficient (Wildman–Crippen LogP) is 2.67. The number of carboxylic acid groups (broad SMARTS) is 1. The zero-order chi connectivity index (χ0) is 14.4. The highest BCUT2D eigenvalue weighted by atomic mass is 16.7. The fourth-order valence-corrected chi connectivity index (χ4v) is 2.64. The maximum Gasteiger partial charge on any atom is 0.490 e. The average Bonchev–Trinajstić information content (AvgIpc) is 2.47. The third-order valence-corrected chi connectivity index (χ3v) is 4.75. The molecule has 0 bridgehead atoms. The quantitative estimate of drug-likeness (QED) is 0.781. The van der Waals surface area contributed by atoms with Crippen LogP contribution in [0.15, 0.2) is 11.5 Å². The number of hydrogen-bond acceptors (Lipinski definition) is 3. The summed E-state index contributed by atoms with van der Waals surface area (Å²) in [5, 5.41) is 9.13. The molecule has 0 unspecified atom stereocenters. The Bertz CT molecular complexity index is 398. The first-order chi connectivity index (χ1) is 8.64. The predicted molar refractivity (Wildman–Crippen MR) is 73.7 cm³/mol. The molecule has 0 aromatic heterocycles. The standard InChI is InChI=1S/C14H23BO4/c1-9-8-10(6-7-11(9)12(16)17)15-18-13(2,3)14(4,5)19-15/h6,9,11H,7-8H2,1-5H3,(H,16,17)/t9-,11+/m0/s1. The van der Waals surface area contributed by atoms with E-state index in [2.05, 4.69) is 0 Å². The van der Waals surface area contributed by atoms with Crippen molar-refractivity contribution in [1.29, 1.82) is 0 Å². The van der Waals surface area contributed by atoms with Gasteiger partial charge in [0.05, 0.1) is 17.1 Å². The Labute approximate surface area is 115 Å². The smallest absolute Gasteiger partial charge is 0.481 e. The molecule has 1 aliphatic heterocycles. The Kier molecular flexibility index (Phi) is 3.56. The van der Waals surface area contributed by atoms with Gasteiger partial charge in [0.2, 0.25) is 0 Å². The van der Waals surface area contributed by atoms with Crippen LogP contribution < -0.4 is 0 Å². The molecule has 2 aliphatic rings. The van der Waals surface area contributed by atoms with E-state index in [9.17, 15) is 4.79 Å². The lowest BCUT2D eigenvalue weighted by Crippen LogP contribution is -2.41. The summed E-state index contributed by atoms with van der Waals surface area (Å²) in [6.07, 6.45) is 3.28. The minimum absolute atomic E-state index is 0.122. The molecule has 0 spiro atoms. The number of aliphatic carboxylic acids is 1. The van der Waals surface area contributed by atoms with Gasteiger partial charge in [-0.25, -0.2) is 0 Å². The Morgan fingerprint density at radius 3 is 2.26 bits per heavy atom. The van der Waals surface area contributed by atoms with Crippen LogP contribution >= 0.6 is 0 Å². The van der Waals surface area contributed by atoms with Crippen LogP contribution in [0.5, 0.6) is 0 Å². The Morgan fingerprint density at radius 1 is 1.32 bits per heavy atom. The van der Waals surface area contributed by atoms with E-state index >= 15 is 0 Å². The van der Waals surface area contributed by atoms with Gasteiger partial charge in [-0.1, -0.05) is 13.0 Å². The van der Waals surface area contributed by atoms with Gasteiger partial charge in [-0.2, -0.15) is 0 Å². The molecular formula is C14H23BO4. The van der Waals surface area contributed by atoms with Gasteiger partial charge in [0, 0.05) is 0 Å². The van der Waals surface area contributed by atoms with Crippen molar-refractivity contribution in [3.05, 3.63) is 11.5 Å². The van der Waals surface area contributed by atoms with Crippen molar-refractivity contribution >= 4 is 13.1 Å². The zero-order valence-electron chi connectivity index (χ0n) is 12.4. The Hall–Kier alpha value is -0.805. The molecule has 4 nitrogen and oxygen atoms in total. The van der Waals surface area contributed by atoms with Crippen molar-refractivity contribution in [2.75, 3.05) is 0 Å². The van der Waals surface area contributed by atoms with Crippen LogP contribution in [0, 0.1) is 11.8 Å². The SMILES string of the molecule is C[C@H]1CC(B2OC(C)(C)C(C)(C)O2)=CC[C@H]1C(=O)O. The molecule has 19 heavy (non-hydrogen) atoms. The molecule has 2 rings (SSSR count). The van der Waals surface area contributed by atoms with Crippen molar-refractivity contribution < 1.29 is 19.2 Å². The van der Waals surface area contributed by atoms with Crippen LogP contribution in [-0.4, -0.2) is 29.4 Å². The number of carbonyl (C=O) groups is 1. The first kappa shape index (κ1) is 14.6. The monoisotopic (exact) mass is 266 g/mol. The summed E-state index contributed by atoms with van der Waals surface area (Å²) in [6.45, 7) is 10.1. The topological polar surface area (TPSA) is 55.8 Å². The first-order valence-corrected chi connectivity index (χ1v) is 6.91. The minimum Gasteiger partial charge on any atom is -0.481 e. The number of allylic oxidation sites excluding steroid dienone is 2. The van der Waals surface area contributed by atoms with Gasteiger partial charge in [0.25, 0.3) is 0 Å². The molecule has 0 aromatic carbocycles. The number of carboxylic acids is 1. The molecule has 106 valence electrons. The van der Waals surface area contributed by atoms with Crippen molar-refractivity contribution in [2.45, 2.75) is 58.7 Å². The Morgan fingerprint density at radius 2 is 1.84 bits per heavy atom. The van der Waals surface area contributed by atoms with E-state index in [-0.39, 0.29) is 30.2 Å². The third-order valence-electron chi connectivity index (χ3n) is 4.75. The molecule has 5 heteroatoms. The van der Waals surface area contributed by atoms with Crippen LogP contribution in [0.1, 0.15) is 47.5 Å². The second kappa shape index (κ2) is 4.63. The average molecular weight is 266 g/mol. The second-order valence-corrected chi connectivity index (χ2v) is 6.73. The van der Waals surface area contributed by atoms with Gasteiger partial charge in [0.15, 0.2) is 0 Å². The lowest BCUT2D eigenvalue weighted by Gasteiger charge is -2.32. The highest BCUT2D eigenvalue weighted by Gasteiger charge is 2.52. The van der Waals surface area contributed by atoms with Crippen LogP contribution in [0.4, 0.5) is 0 Å². The van der Waals surface area contributed by atoms with E-state index in [0.29, 0.717) is 6.42 Å². The van der Waals surface area contributed by atoms with E-state index < -0.39 is 5.97 Å². The molecule has 0 saturated carbocycles. The molecule has 1 saturated heterocycles.